The van der Waals surface area contributed by atoms with Gasteiger partial charge in [-0.1, -0.05) is 11.6 Å². The van der Waals surface area contributed by atoms with Gasteiger partial charge in [-0.2, -0.15) is 5.10 Å². The quantitative estimate of drug-likeness (QED) is 0.906. The molecule has 0 aliphatic heterocycles. The summed E-state index contributed by atoms with van der Waals surface area (Å²) in [6, 6.07) is 0. The van der Waals surface area contributed by atoms with Crippen LogP contribution in [0.25, 0.3) is 0 Å². The van der Waals surface area contributed by atoms with Gasteiger partial charge < -0.3 is 5.11 Å². The molecule has 0 saturated heterocycles. The number of hydrogen-bond acceptors (Lipinski definition) is 5. The average molecular weight is 259 g/mol. The number of aliphatic hydroxyl groups excluding tert-OH is 1. The lowest BCUT2D eigenvalue weighted by Gasteiger charge is -2.07. The Kier molecular flexibility index (Phi) is 3.52. The van der Waals surface area contributed by atoms with E-state index in [-0.39, 0.29) is 0 Å². The Morgan fingerprint density at radius 2 is 2.38 bits per heavy atom. The predicted molar refractivity (Wildman–Crippen MR) is 61.5 cm³/mol. The van der Waals surface area contributed by atoms with Crippen LogP contribution in [0.3, 0.4) is 0 Å². The summed E-state index contributed by atoms with van der Waals surface area (Å²) in [5, 5.41) is 14.6. The molecule has 0 saturated carbocycles. The Hall–Kier alpha value is -0.980. The molecule has 0 spiro atoms. The zero-order chi connectivity index (χ0) is 11.5. The third-order valence-corrected chi connectivity index (χ3v) is 3.37. The molecule has 7 heteroatoms. The summed E-state index contributed by atoms with van der Waals surface area (Å²) in [7, 11) is 0. The second-order valence-corrected chi connectivity index (χ2v) is 4.91. The van der Waals surface area contributed by atoms with Gasteiger partial charge in [-0.3, -0.25) is 4.68 Å². The SMILES string of the molecule is CCn1ncnc1CC(O)c1ncc(Cl)s1. The van der Waals surface area contributed by atoms with Gasteiger partial charge in [0.2, 0.25) is 0 Å². The van der Waals surface area contributed by atoms with E-state index in [1.165, 1.54) is 23.9 Å². The Bertz CT molecular complexity index is 470. The van der Waals surface area contributed by atoms with Crippen molar-refractivity contribution < 1.29 is 5.11 Å². The van der Waals surface area contributed by atoms with Crippen LogP contribution in [-0.2, 0) is 13.0 Å². The number of nitrogens with zero attached hydrogens (tertiary/aromatic N) is 4. The Balaban J connectivity index is 2.10. The largest absolute Gasteiger partial charge is 0.385 e. The second-order valence-electron chi connectivity index (χ2n) is 3.21. The van der Waals surface area contributed by atoms with E-state index < -0.39 is 6.10 Å². The Morgan fingerprint density at radius 1 is 1.56 bits per heavy atom. The van der Waals surface area contributed by atoms with Crippen LogP contribution >= 0.6 is 22.9 Å². The molecule has 2 rings (SSSR count). The van der Waals surface area contributed by atoms with Gasteiger partial charge >= 0.3 is 0 Å². The van der Waals surface area contributed by atoms with Crippen LogP contribution in [0.15, 0.2) is 12.5 Å². The summed E-state index contributed by atoms with van der Waals surface area (Å²) >= 11 is 7.03. The second kappa shape index (κ2) is 4.90. The van der Waals surface area contributed by atoms with E-state index in [0.29, 0.717) is 15.8 Å². The maximum atomic E-state index is 9.93. The number of aliphatic hydroxyl groups is 1. The van der Waals surface area contributed by atoms with E-state index in [1.54, 1.807) is 4.68 Å². The van der Waals surface area contributed by atoms with Crippen LogP contribution in [-0.4, -0.2) is 24.9 Å². The van der Waals surface area contributed by atoms with Crippen molar-refractivity contribution in [3.63, 3.8) is 0 Å². The van der Waals surface area contributed by atoms with Gasteiger partial charge in [0, 0.05) is 13.0 Å². The van der Waals surface area contributed by atoms with Crippen molar-refractivity contribution in [2.24, 2.45) is 0 Å². The summed E-state index contributed by atoms with van der Waals surface area (Å²) in [6.45, 7) is 2.71. The molecule has 0 fully saturated rings. The molecular weight excluding hydrogens is 248 g/mol. The molecule has 0 aliphatic carbocycles. The fourth-order valence-corrected chi connectivity index (χ4v) is 2.31. The zero-order valence-corrected chi connectivity index (χ0v) is 10.2. The molecule has 1 atom stereocenters. The smallest absolute Gasteiger partial charge is 0.138 e. The molecule has 86 valence electrons. The number of halogens is 1. The summed E-state index contributed by atoms with van der Waals surface area (Å²) < 4.78 is 2.32. The lowest BCUT2D eigenvalue weighted by atomic mass is 10.2. The Morgan fingerprint density at radius 3 is 3.00 bits per heavy atom. The highest BCUT2D eigenvalue weighted by atomic mass is 35.5. The van der Waals surface area contributed by atoms with E-state index in [0.717, 1.165) is 12.4 Å². The van der Waals surface area contributed by atoms with Crippen LogP contribution in [0, 0.1) is 0 Å². The fourth-order valence-electron chi connectivity index (χ4n) is 1.39. The highest BCUT2D eigenvalue weighted by Crippen LogP contribution is 2.25. The first kappa shape index (κ1) is 11.5. The predicted octanol–water partition coefficient (Wildman–Crippen LogP) is 1.68. The van der Waals surface area contributed by atoms with Gasteiger partial charge in [0.05, 0.1) is 6.20 Å². The third-order valence-electron chi connectivity index (χ3n) is 2.15. The minimum Gasteiger partial charge on any atom is -0.385 e. The minimum atomic E-state index is -0.674. The van der Waals surface area contributed by atoms with Crippen molar-refractivity contribution in [2.45, 2.75) is 26.0 Å². The van der Waals surface area contributed by atoms with E-state index in [4.69, 9.17) is 11.6 Å². The normalized spacial score (nSPS) is 12.9. The summed E-state index contributed by atoms with van der Waals surface area (Å²) in [4.78, 5) is 8.13. The molecule has 5 nitrogen and oxygen atoms in total. The van der Waals surface area contributed by atoms with E-state index in [2.05, 4.69) is 15.1 Å². The molecule has 16 heavy (non-hydrogen) atoms. The van der Waals surface area contributed by atoms with Crippen molar-refractivity contribution in [1.82, 2.24) is 19.7 Å². The number of aryl methyl sites for hydroxylation is 1. The molecule has 0 radical (unpaired) electrons. The highest BCUT2D eigenvalue weighted by Gasteiger charge is 2.15. The molecule has 2 aromatic rings. The van der Waals surface area contributed by atoms with Crippen molar-refractivity contribution >= 4 is 22.9 Å². The molecule has 0 amide bonds. The molecule has 2 aromatic heterocycles. The molecule has 0 bridgehead atoms. The third kappa shape index (κ3) is 2.40. The molecule has 2 heterocycles. The first-order chi connectivity index (χ1) is 7.70. The fraction of sp³-hybridized carbons (Fsp3) is 0.444. The van der Waals surface area contributed by atoms with Crippen LogP contribution in [0.4, 0.5) is 0 Å². The molecule has 0 aromatic carbocycles. The first-order valence-electron chi connectivity index (χ1n) is 4.86. The van der Waals surface area contributed by atoms with Crippen LogP contribution < -0.4 is 0 Å². The monoisotopic (exact) mass is 258 g/mol. The van der Waals surface area contributed by atoms with Gasteiger partial charge in [0.25, 0.3) is 0 Å². The minimum absolute atomic E-state index is 0.400. The lowest BCUT2D eigenvalue weighted by Crippen LogP contribution is -2.09. The van der Waals surface area contributed by atoms with Crippen molar-refractivity contribution in [1.29, 1.82) is 0 Å². The van der Waals surface area contributed by atoms with Crippen LogP contribution in [0.2, 0.25) is 4.34 Å². The summed E-state index contributed by atoms with van der Waals surface area (Å²) in [6.07, 6.45) is 2.75. The Labute approximate surface area is 102 Å². The van der Waals surface area contributed by atoms with Crippen molar-refractivity contribution in [2.75, 3.05) is 0 Å². The maximum Gasteiger partial charge on any atom is 0.138 e. The molecular formula is C9H11ClN4OS. The lowest BCUT2D eigenvalue weighted by molar-refractivity contribution is 0.173. The van der Waals surface area contributed by atoms with E-state index in [9.17, 15) is 5.11 Å². The van der Waals surface area contributed by atoms with Gasteiger partial charge in [-0.25, -0.2) is 9.97 Å². The van der Waals surface area contributed by atoms with Crippen molar-refractivity contribution in [3.05, 3.63) is 27.7 Å². The van der Waals surface area contributed by atoms with E-state index in [1.807, 2.05) is 6.92 Å². The van der Waals surface area contributed by atoms with Crippen molar-refractivity contribution in [3.8, 4) is 0 Å². The van der Waals surface area contributed by atoms with Gasteiger partial charge in [0.1, 0.15) is 27.6 Å². The first-order valence-corrected chi connectivity index (χ1v) is 6.06. The number of hydrogen-bond donors (Lipinski definition) is 1. The van der Waals surface area contributed by atoms with Gasteiger partial charge in [-0.15, -0.1) is 11.3 Å². The van der Waals surface area contributed by atoms with E-state index >= 15 is 0 Å². The topological polar surface area (TPSA) is 63.8 Å². The van der Waals surface area contributed by atoms with Gasteiger partial charge in [0.15, 0.2) is 0 Å². The zero-order valence-electron chi connectivity index (χ0n) is 8.67. The standard InChI is InChI=1S/C9H11ClN4OS/c1-2-14-8(12-5-13-14)3-6(15)9-11-4-7(10)16-9/h4-6,15H,2-3H2,1H3. The van der Waals surface area contributed by atoms with Gasteiger partial charge in [-0.05, 0) is 6.92 Å². The van der Waals surface area contributed by atoms with Crippen LogP contribution in [0.1, 0.15) is 23.9 Å². The van der Waals surface area contributed by atoms with Crippen LogP contribution in [0.5, 0.6) is 0 Å². The highest BCUT2D eigenvalue weighted by molar-refractivity contribution is 7.15. The maximum absolute atomic E-state index is 9.93. The average Bonchev–Trinajstić information content (AvgIpc) is 2.86. The molecule has 1 N–H and O–H groups in total. The summed E-state index contributed by atoms with van der Waals surface area (Å²) in [5.74, 6) is 0.751. The molecule has 0 aliphatic rings. The summed E-state index contributed by atoms with van der Waals surface area (Å²) in [5.41, 5.74) is 0. The number of thiazole rings is 1. The number of rotatable bonds is 4. The molecule has 1 unspecified atom stereocenters. The number of aromatic nitrogens is 4.